The molecule has 1 aliphatic heterocycles. The zero-order chi connectivity index (χ0) is 31.6. The maximum Gasteiger partial charge on any atom is 0.308 e. The van der Waals surface area contributed by atoms with Crippen LogP contribution in [-0.4, -0.2) is 29.3 Å². The summed E-state index contributed by atoms with van der Waals surface area (Å²) in [5.41, 5.74) is 3.26. The first kappa shape index (κ1) is 30.8. The number of anilines is 2. The number of hydrogen-bond donors (Lipinski definition) is 0. The summed E-state index contributed by atoms with van der Waals surface area (Å²) < 4.78 is 5.36. The Labute approximate surface area is 263 Å². The van der Waals surface area contributed by atoms with E-state index in [0.29, 0.717) is 52.9 Å². The van der Waals surface area contributed by atoms with Crippen LogP contribution in [0.1, 0.15) is 71.7 Å². The second kappa shape index (κ2) is 14.7. The molecule has 45 heavy (non-hydrogen) atoms. The molecule has 0 saturated heterocycles. The summed E-state index contributed by atoms with van der Waals surface area (Å²) in [5.74, 6) is 5.00. The molecule has 7 nitrogen and oxygen atoms in total. The molecule has 2 atom stereocenters. The van der Waals surface area contributed by atoms with Crippen molar-refractivity contribution in [1.82, 2.24) is 4.90 Å². The molecule has 5 rings (SSSR count). The monoisotopic (exact) mass is 595 g/mol. The van der Waals surface area contributed by atoms with Crippen molar-refractivity contribution in [2.24, 2.45) is 0 Å². The number of carbonyl (C=O) groups excluding carboxylic acids is 3. The van der Waals surface area contributed by atoms with Gasteiger partial charge in [-0.1, -0.05) is 90.7 Å². The summed E-state index contributed by atoms with van der Waals surface area (Å²) >= 11 is 0. The van der Waals surface area contributed by atoms with E-state index in [1.165, 1.54) is 4.90 Å². The van der Waals surface area contributed by atoms with Crippen molar-refractivity contribution < 1.29 is 19.1 Å². The van der Waals surface area contributed by atoms with E-state index in [2.05, 4.69) is 17.9 Å². The number of esters is 1. The van der Waals surface area contributed by atoms with Gasteiger partial charge in [0.25, 0.3) is 11.8 Å². The fourth-order valence-electron chi connectivity index (χ4n) is 5.55. The molecule has 0 aliphatic carbocycles. The zero-order valence-electron chi connectivity index (χ0n) is 25.1. The highest BCUT2D eigenvalue weighted by molar-refractivity contribution is 6.14. The summed E-state index contributed by atoms with van der Waals surface area (Å²) in [4.78, 5) is 46.1. The quantitative estimate of drug-likeness (QED) is 0.115. The van der Waals surface area contributed by atoms with Gasteiger partial charge in [0.15, 0.2) is 0 Å². The molecule has 2 unspecified atom stereocenters. The second-order valence-electron chi connectivity index (χ2n) is 10.5. The third-order valence-corrected chi connectivity index (χ3v) is 7.57. The Hall–Kier alpha value is -5.66. The molecule has 0 N–H and O–H groups in total. The van der Waals surface area contributed by atoms with Gasteiger partial charge in [-0.2, -0.15) is 5.26 Å². The molecule has 0 aromatic heterocycles. The van der Waals surface area contributed by atoms with Gasteiger partial charge in [0.1, 0.15) is 6.04 Å². The smallest absolute Gasteiger partial charge is 0.308 e. The van der Waals surface area contributed by atoms with Crippen LogP contribution in [0.4, 0.5) is 11.4 Å². The molecule has 4 aromatic rings. The van der Waals surface area contributed by atoms with Gasteiger partial charge in [-0.15, -0.1) is 0 Å². The predicted molar refractivity (Wildman–Crippen MR) is 172 cm³/mol. The molecule has 4 aromatic carbocycles. The van der Waals surface area contributed by atoms with Crippen molar-refractivity contribution in [3.8, 4) is 17.9 Å². The van der Waals surface area contributed by atoms with Crippen LogP contribution in [0.3, 0.4) is 0 Å². The highest BCUT2D eigenvalue weighted by Crippen LogP contribution is 2.43. The number of nitrogens with zero attached hydrogens (tertiary/aromatic N) is 3. The van der Waals surface area contributed by atoms with E-state index in [1.807, 2.05) is 91.0 Å². The second-order valence-corrected chi connectivity index (χ2v) is 10.5. The molecule has 0 spiro atoms. The number of rotatable bonds is 9. The van der Waals surface area contributed by atoms with E-state index in [9.17, 15) is 14.4 Å². The van der Waals surface area contributed by atoms with Gasteiger partial charge in [0.2, 0.25) is 0 Å². The largest absolute Gasteiger partial charge is 0.466 e. The first-order valence-electron chi connectivity index (χ1n) is 15.0. The highest BCUT2D eigenvalue weighted by atomic mass is 16.5. The Morgan fingerprint density at radius 1 is 0.889 bits per heavy atom. The van der Waals surface area contributed by atoms with Crippen LogP contribution in [0.5, 0.6) is 0 Å². The Morgan fingerprint density at radius 2 is 1.56 bits per heavy atom. The number of benzene rings is 4. The molecule has 2 amide bonds. The Bertz CT molecular complexity index is 1760. The fourth-order valence-corrected chi connectivity index (χ4v) is 5.55. The SMILES string of the molecule is CCOC(=O)CC(c1ccccc1)N1C(=O)c2cc(C#CCCCC#N)ccc2N(c2ccccc2)C(=O)C1c1ccccc1. The molecule has 0 fully saturated rings. The molecular weight excluding hydrogens is 562 g/mol. The van der Waals surface area contributed by atoms with Crippen molar-refractivity contribution in [3.05, 3.63) is 131 Å². The van der Waals surface area contributed by atoms with E-state index in [1.54, 1.807) is 30.0 Å². The standard InChI is InChI=1S/C38H33N3O4/c1-2-45-35(42)27-34(29-17-9-5-10-18-29)41-36(30-19-11-6-12-20-30)38(44)40(31-21-13-7-14-22-31)33-24-23-28(26-32(33)37(41)43)16-8-3-4-15-25-39/h5-7,9-14,17-24,26,34,36H,2-4,15,27H2,1H3. The lowest BCUT2D eigenvalue weighted by Crippen LogP contribution is -2.43. The van der Waals surface area contributed by atoms with E-state index in [-0.39, 0.29) is 18.9 Å². The average molecular weight is 596 g/mol. The number of carbonyl (C=O) groups is 3. The zero-order valence-corrected chi connectivity index (χ0v) is 25.1. The van der Waals surface area contributed by atoms with Crippen LogP contribution in [0.25, 0.3) is 0 Å². The van der Waals surface area contributed by atoms with Gasteiger partial charge in [-0.05, 0) is 54.8 Å². The van der Waals surface area contributed by atoms with E-state index in [4.69, 9.17) is 10.00 Å². The van der Waals surface area contributed by atoms with Crippen LogP contribution in [0.2, 0.25) is 0 Å². The maximum atomic E-state index is 15.0. The van der Waals surface area contributed by atoms with E-state index in [0.717, 1.165) is 0 Å². The first-order chi connectivity index (χ1) is 22.0. The number of fused-ring (bicyclic) bond motifs is 1. The molecule has 1 heterocycles. The molecule has 0 bridgehead atoms. The van der Waals surface area contributed by atoms with E-state index >= 15 is 0 Å². The average Bonchev–Trinajstić information content (AvgIpc) is 3.16. The van der Waals surface area contributed by atoms with Gasteiger partial charge in [-0.25, -0.2) is 0 Å². The Kier molecular flexibility index (Phi) is 10.0. The van der Waals surface area contributed by atoms with Crippen molar-refractivity contribution in [2.75, 3.05) is 11.5 Å². The third kappa shape index (κ3) is 6.95. The van der Waals surface area contributed by atoms with Gasteiger partial charge < -0.3 is 9.64 Å². The minimum Gasteiger partial charge on any atom is -0.466 e. The van der Waals surface area contributed by atoms with Crippen LogP contribution >= 0.6 is 0 Å². The fraction of sp³-hybridized carbons (Fsp3) is 0.211. The molecule has 1 aliphatic rings. The molecule has 0 saturated carbocycles. The lowest BCUT2D eigenvalue weighted by Gasteiger charge is -2.37. The van der Waals surface area contributed by atoms with Crippen molar-refractivity contribution in [2.45, 2.75) is 44.7 Å². The van der Waals surface area contributed by atoms with E-state index < -0.39 is 24.0 Å². The maximum absolute atomic E-state index is 15.0. The van der Waals surface area contributed by atoms with Gasteiger partial charge >= 0.3 is 5.97 Å². The summed E-state index contributed by atoms with van der Waals surface area (Å²) in [5, 5.41) is 8.85. The number of hydrogen-bond acceptors (Lipinski definition) is 5. The minimum absolute atomic E-state index is 0.140. The summed E-state index contributed by atoms with van der Waals surface area (Å²) in [6.45, 7) is 1.93. The van der Waals surface area contributed by atoms with Crippen LogP contribution in [0.15, 0.2) is 109 Å². The Balaban J connectivity index is 1.74. The van der Waals surface area contributed by atoms with Gasteiger partial charge in [-0.3, -0.25) is 19.3 Å². The summed E-state index contributed by atoms with van der Waals surface area (Å²) in [7, 11) is 0. The number of nitriles is 1. The lowest BCUT2D eigenvalue weighted by atomic mass is 9.95. The number of unbranched alkanes of at least 4 members (excludes halogenated alkanes) is 2. The third-order valence-electron chi connectivity index (χ3n) is 7.57. The number of para-hydroxylation sites is 1. The molecular formula is C38H33N3O4. The van der Waals surface area contributed by atoms with Crippen molar-refractivity contribution in [1.29, 1.82) is 5.26 Å². The van der Waals surface area contributed by atoms with Gasteiger partial charge in [0, 0.05) is 24.1 Å². The minimum atomic E-state index is -1.06. The molecule has 7 heteroatoms. The van der Waals surface area contributed by atoms with Gasteiger partial charge in [0.05, 0.1) is 36.4 Å². The van der Waals surface area contributed by atoms with Crippen molar-refractivity contribution >= 4 is 29.2 Å². The predicted octanol–water partition coefficient (Wildman–Crippen LogP) is 7.29. The topological polar surface area (TPSA) is 90.7 Å². The molecule has 224 valence electrons. The van der Waals surface area contributed by atoms with Crippen LogP contribution in [0, 0.1) is 23.2 Å². The molecule has 0 radical (unpaired) electrons. The normalized spacial score (nSPS) is 14.8. The number of ether oxygens (including phenoxy) is 1. The van der Waals surface area contributed by atoms with Crippen LogP contribution < -0.4 is 4.90 Å². The van der Waals surface area contributed by atoms with Crippen molar-refractivity contribution in [3.63, 3.8) is 0 Å². The summed E-state index contributed by atoms with van der Waals surface area (Å²) in [6, 6.07) is 33.2. The first-order valence-corrected chi connectivity index (χ1v) is 15.0. The highest BCUT2D eigenvalue weighted by Gasteiger charge is 2.45. The summed E-state index contributed by atoms with van der Waals surface area (Å²) in [6.07, 6.45) is 1.48. The lowest BCUT2D eigenvalue weighted by molar-refractivity contribution is -0.145. The Morgan fingerprint density at radius 3 is 2.22 bits per heavy atom. The number of amides is 2. The van der Waals surface area contributed by atoms with Crippen LogP contribution in [-0.2, 0) is 14.3 Å².